The van der Waals surface area contributed by atoms with Crippen LogP contribution in [0, 0.1) is 11.6 Å². The number of amides is 2. The Morgan fingerprint density at radius 1 is 1.12 bits per heavy atom. The maximum atomic E-state index is 13.5. The number of carbonyl (C=O) groups excluding carboxylic acids is 2. The molecule has 0 fully saturated rings. The number of anilines is 1. The normalized spacial score (nSPS) is 10.6. The van der Waals surface area contributed by atoms with Gasteiger partial charge in [0.1, 0.15) is 11.6 Å². The van der Waals surface area contributed by atoms with Crippen LogP contribution in [0.2, 0.25) is 0 Å². The molecule has 2 N–H and O–H groups in total. The van der Waals surface area contributed by atoms with Gasteiger partial charge in [-0.15, -0.1) is 0 Å². The summed E-state index contributed by atoms with van der Waals surface area (Å²) in [5.74, 6) is -3.06. The Bertz CT molecular complexity index is 894. The minimum Gasteiger partial charge on any atom is -0.343 e. The van der Waals surface area contributed by atoms with Gasteiger partial charge in [0.2, 0.25) is 5.91 Å². The average molecular weight is 347 g/mol. The van der Waals surface area contributed by atoms with Gasteiger partial charge in [0.05, 0.1) is 22.3 Å². The van der Waals surface area contributed by atoms with Gasteiger partial charge in [-0.3, -0.25) is 9.59 Å². The number of carbonyl (C=O) groups is 2. The lowest BCUT2D eigenvalue weighted by atomic mass is 10.2. The van der Waals surface area contributed by atoms with Gasteiger partial charge in [0, 0.05) is 6.07 Å². The van der Waals surface area contributed by atoms with Gasteiger partial charge in [0.15, 0.2) is 5.13 Å². The highest BCUT2D eigenvalue weighted by molar-refractivity contribution is 7.22. The van der Waals surface area contributed by atoms with Crippen molar-refractivity contribution < 1.29 is 18.4 Å². The van der Waals surface area contributed by atoms with Gasteiger partial charge in [-0.2, -0.15) is 0 Å². The predicted molar refractivity (Wildman–Crippen MR) is 86.9 cm³/mol. The van der Waals surface area contributed by atoms with Crippen LogP contribution in [-0.2, 0) is 4.79 Å². The molecule has 3 aromatic rings. The summed E-state index contributed by atoms with van der Waals surface area (Å²) in [7, 11) is 0. The summed E-state index contributed by atoms with van der Waals surface area (Å²) in [6, 6.07) is 10.00. The Hall–Kier alpha value is -2.87. The number of benzene rings is 2. The fourth-order valence-corrected chi connectivity index (χ4v) is 2.90. The van der Waals surface area contributed by atoms with Crippen molar-refractivity contribution in [1.29, 1.82) is 0 Å². The van der Waals surface area contributed by atoms with Crippen LogP contribution in [0.3, 0.4) is 0 Å². The van der Waals surface area contributed by atoms with Crippen LogP contribution >= 0.6 is 11.3 Å². The molecule has 2 aromatic carbocycles. The monoisotopic (exact) mass is 347 g/mol. The van der Waals surface area contributed by atoms with Crippen molar-refractivity contribution in [1.82, 2.24) is 10.3 Å². The number of hydrogen-bond donors (Lipinski definition) is 2. The zero-order chi connectivity index (χ0) is 17.1. The molecule has 5 nitrogen and oxygen atoms in total. The first-order chi connectivity index (χ1) is 11.5. The van der Waals surface area contributed by atoms with Gasteiger partial charge in [-0.25, -0.2) is 13.8 Å². The zero-order valence-electron chi connectivity index (χ0n) is 12.2. The maximum absolute atomic E-state index is 13.5. The van der Waals surface area contributed by atoms with Crippen LogP contribution in [0.5, 0.6) is 0 Å². The highest BCUT2D eigenvalue weighted by atomic mass is 32.1. The van der Waals surface area contributed by atoms with Crippen molar-refractivity contribution in [2.75, 3.05) is 11.9 Å². The molecule has 2 amide bonds. The van der Waals surface area contributed by atoms with Crippen molar-refractivity contribution in [3.63, 3.8) is 0 Å². The van der Waals surface area contributed by atoms with Gasteiger partial charge in [-0.1, -0.05) is 23.5 Å². The van der Waals surface area contributed by atoms with E-state index in [0.29, 0.717) is 11.2 Å². The molecule has 0 radical (unpaired) electrons. The van der Waals surface area contributed by atoms with E-state index < -0.39 is 23.4 Å². The van der Waals surface area contributed by atoms with E-state index in [1.54, 1.807) is 0 Å². The molecule has 0 saturated heterocycles. The highest BCUT2D eigenvalue weighted by Gasteiger charge is 2.14. The molecular formula is C16H11F2N3O2S. The Balaban J connectivity index is 1.59. The Morgan fingerprint density at radius 2 is 1.92 bits per heavy atom. The van der Waals surface area contributed by atoms with E-state index in [9.17, 15) is 18.4 Å². The third-order valence-corrected chi connectivity index (χ3v) is 4.08. The Morgan fingerprint density at radius 3 is 2.67 bits per heavy atom. The largest absolute Gasteiger partial charge is 0.343 e. The SMILES string of the molecule is O=C(CNC(=O)c1ccc(F)cc1F)Nc1nc2ccccc2s1. The molecule has 0 atom stereocenters. The predicted octanol–water partition coefficient (Wildman–Crippen LogP) is 2.94. The fourth-order valence-electron chi connectivity index (χ4n) is 2.02. The Kier molecular flexibility index (Phi) is 4.48. The van der Waals surface area contributed by atoms with E-state index in [1.807, 2.05) is 24.3 Å². The summed E-state index contributed by atoms with van der Waals surface area (Å²) >= 11 is 1.30. The maximum Gasteiger partial charge on any atom is 0.254 e. The van der Waals surface area contributed by atoms with E-state index in [4.69, 9.17) is 0 Å². The lowest BCUT2D eigenvalue weighted by molar-refractivity contribution is -0.115. The van der Waals surface area contributed by atoms with Crippen LogP contribution in [0.25, 0.3) is 10.2 Å². The molecule has 1 heterocycles. The van der Waals surface area contributed by atoms with Gasteiger partial charge in [-0.05, 0) is 24.3 Å². The van der Waals surface area contributed by atoms with E-state index in [0.717, 1.165) is 22.3 Å². The first-order valence-electron chi connectivity index (χ1n) is 6.91. The summed E-state index contributed by atoms with van der Waals surface area (Å²) in [5.41, 5.74) is 0.430. The topological polar surface area (TPSA) is 71.1 Å². The molecule has 0 unspecified atom stereocenters. The van der Waals surface area contributed by atoms with Crippen molar-refractivity contribution in [2.45, 2.75) is 0 Å². The first kappa shape index (κ1) is 16.0. The van der Waals surface area contributed by atoms with Gasteiger partial charge >= 0.3 is 0 Å². The fraction of sp³-hybridized carbons (Fsp3) is 0.0625. The standard InChI is InChI=1S/C16H11F2N3O2S/c17-9-5-6-10(11(18)7-9)15(23)19-8-14(22)21-16-20-12-3-1-2-4-13(12)24-16/h1-7H,8H2,(H,19,23)(H,20,21,22). The lowest BCUT2D eigenvalue weighted by Gasteiger charge is -2.06. The molecule has 3 rings (SSSR count). The van der Waals surface area contributed by atoms with Crippen molar-refractivity contribution in [2.24, 2.45) is 0 Å². The number of halogens is 2. The van der Waals surface area contributed by atoms with Crippen molar-refractivity contribution in [3.8, 4) is 0 Å². The molecule has 1 aromatic heterocycles. The number of nitrogens with zero attached hydrogens (tertiary/aromatic N) is 1. The second-order valence-electron chi connectivity index (χ2n) is 4.84. The average Bonchev–Trinajstić information content (AvgIpc) is 2.94. The zero-order valence-corrected chi connectivity index (χ0v) is 13.0. The van der Waals surface area contributed by atoms with E-state index >= 15 is 0 Å². The molecule has 0 aliphatic carbocycles. The molecule has 122 valence electrons. The molecular weight excluding hydrogens is 336 g/mol. The number of hydrogen-bond acceptors (Lipinski definition) is 4. The molecule has 24 heavy (non-hydrogen) atoms. The summed E-state index contributed by atoms with van der Waals surface area (Å²) in [6.45, 7) is -0.356. The van der Waals surface area contributed by atoms with Crippen LogP contribution in [-0.4, -0.2) is 23.3 Å². The lowest BCUT2D eigenvalue weighted by Crippen LogP contribution is -2.33. The van der Waals surface area contributed by atoms with Crippen molar-refractivity contribution >= 4 is 38.5 Å². The second-order valence-corrected chi connectivity index (χ2v) is 5.87. The number of thiazole rings is 1. The van der Waals surface area contributed by atoms with Crippen LogP contribution in [0.4, 0.5) is 13.9 Å². The minimum absolute atomic E-state index is 0.329. The molecule has 0 aliphatic heterocycles. The van der Waals surface area contributed by atoms with E-state index in [2.05, 4.69) is 15.6 Å². The number of fused-ring (bicyclic) bond motifs is 1. The molecule has 0 bridgehead atoms. The van der Waals surface area contributed by atoms with Crippen LogP contribution < -0.4 is 10.6 Å². The quantitative estimate of drug-likeness (QED) is 0.762. The van der Waals surface area contributed by atoms with Gasteiger partial charge < -0.3 is 10.6 Å². The molecule has 0 saturated carbocycles. The Labute approximate surface area is 139 Å². The number of nitrogens with one attached hydrogen (secondary N) is 2. The van der Waals surface area contributed by atoms with E-state index in [-0.39, 0.29) is 12.1 Å². The van der Waals surface area contributed by atoms with Crippen LogP contribution in [0.1, 0.15) is 10.4 Å². The highest BCUT2D eigenvalue weighted by Crippen LogP contribution is 2.25. The second kappa shape index (κ2) is 6.71. The number of aromatic nitrogens is 1. The summed E-state index contributed by atoms with van der Waals surface area (Å²) in [4.78, 5) is 27.9. The van der Waals surface area contributed by atoms with Crippen molar-refractivity contribution in [3.05, 3.63) is 59.7 Å². The number of para-hydroxylation sites is 1. The van der Waals surface area contributed by atoms with Gasteiger partial charge in [0.25, 0.3) is 5.91 Å². The first-order valence-corrected chi connectivity index (χ1v) is 7.73. The molecule has 8 heteroatoms. The summed E-state index contributed by atoms with van der Waals surface area (Å²) in [5, 5.41) is 5.24. The third-order valence-electron chi connectivity index (χ3n) is 3.13. The minimum atomic E-state index is -0.987. The van der Waals surface area contributed by atoms with E-state index in [1.165, 1.54) is 11.3 Å². The molecule has 0 spiro atoms. The number of rotatable bonds is 4. The van der Waals surface area contributed by atoms with Crippen LogP contribution in [0.15, 0.2) is 42.5 Å². The molecule has 0 aliphatic rings. The summed E-state index contributed by atoms with van der Waals surface area (Å²) in [6.07, 6.45) is 0. The summed E-state index contributed by atoms with van der Waals surface area (Å²) < 4.78 is 27.2. The smallest absolute Gasteiger partial charge is 0.254 e. The third kappa shape index (κ3) is 3.54.